The third-order valence-electron chi connectivity index (χ3n) is 2.42. The SMILES string of the molecule is CCOCC(=O)NCc1nc(-c2cccc(Cl)c2)no1. The summed E-state index contributed by atoms with van der Waals surface area (Å²) < 4.78 is 10.0. The Balaban J connectivity index is 1.94. The van der Waals surface area contributed by atoms with Gasteiger partial charge in [-0.05, 0) is 19.1 Å². The van der Waals surface area contributed by atoms with Gasteiger partial charge < -0.3 is 14.6 Å². The van der Waals surface area contributed by atoms with Crippen molar-refractivity contribution in [3.63, 3.8) is 0 Å². The van der Waals surface area contributed by atoms with Crippen molar-refractivity contribution in [2.24, 2.45) is 0 Å². The predicted molar refractivity (Wildman–Crippen MR) is 73.1 cm³/mol. The lowest BCUT2D eigenvalue weighted by Crippen LogP contribution is -2.27. The molecule has 0 fully saturated rings. The Morgan fingerprint density at radius 1 is 1.50 bits per heavy atom. The van der Waals surface area contributed by atoms with Crippen LogP contribution in [0, 0.1) is 0 Å². The molecule has 0 aliphatic rings. The maximum atomic E-state index is 11.4. The van der Waals surface area contributed by atoms with E-state index in [-0.39, 0.29) is 19.1 Å². The van der Waals surface area contributed by atoms with Gasteiger partial charge in [0.2, 0.25) is 17.6 Å². The standard InChI is InChI=1S/C13H14ClN3O3/c1-2-19-8-11(18)15-7-12-16-13(17-20-12)9-4-3-5-10(14)6-9/h3-6H,2,7-8H2,1H3,(H,15,18). The highest BCUT2D eigenvalue weighted by molar-refractivity contribution is 6.30. The Bertz CT molecular complexity index is 586. The summed E-state index contributed by atoms with van der Waals surface area (Å²) in [5.74, 6) is 0.528. The molecule has 1 heterocycles. The van der Waals surface area contributed by atoms with Crippen LogP contribution in [-0.4, -0.2) is 29.3 Å². The van der Waals surface area contributed by atoms with Gasteiger partial charge in [0.15, 0.2) is 0 Å². The minimum Gasteiger partial charge on any atom is -0.372 e. The molecule has 6 nitrogen and oxygen atoms in total. The average molecular weight is 296 g/mol. The summed E-state index contributed by atoms with van der Waals surface area (Å²) in [7, 11) is 0. The molecule has 0 saturated carbocycles. The van der Waals surface area contributed by atoms with Gasteiger partial charge in [0.1, 0.15) is 6.61 Å². The number of rotatable bonds is 6. The monoisotopic (exact) mass is 295 g/mol. The van der Waals surface area contributed by atoms with Crippen LogP contribution in [0.3, 0.4) is 0 Å². The number of nitrogens with one attached hydrogen (secondary N) is 1. The zero-order valence-corrected chi connectivity index (χ0v) is 11.7. The number of amides is 1. The van der Waals surface area contributed by atoms with Crippen molar-refractivity contribution in [1.82, 2.24) is 15.5 Å². The number of hydrogen-bond acceptors (Lipinski definition) is 5. The number of aromatic nitrogens is 2. The Kier molecular flexibility index (Phi) is 5.09. The van der Waals surface area contributed by atoms with Crippen molar-refractivity contribution in [3.8, 4) is 11.4 Å². The summed E-state index contributed by atoms with van der Waals surface area (Å²) in [5.41, 5.74) is 0.758. The molecule has 0 saturated heterocycles. The van der Waals surface area contributed by atoms with E-state index in [1.807, 2.05) is 13.0 Å². The second-order valence-electron chi connectivity index (χ2n) is 3.94. The second-order valence-corrected chi connectivity index (χ2v) is 4.37. The lowest BCUT2D eigenvalue weighted by molar-refractivity contribution is -0.125. The van der Waals surface area contributed by atoms with E-state index >= 15 is 0 Å². The first kappa shape index (κ1) is 14.5. The number of hydrogen-bond donors (Lipinski definition) is 1. The van der Waals surface area contributed by atoms with Gasteiger partial charge in [0.05, 0.1) is 6.54 Å². The van der Waals surface area contributed by atoms with E-state index < -0.39 is 0 Å². The molecular weight excluding hydrogens is 282 g/mol. The fourth-order valence-electron chi connectivity index (χ4n) is 1.49. The smallest absolute Gasteiger partial charge is 0.246 e. The largest absolute Gasteiger partial charge is 0.372 e. The Morgan fingerprint density at radius 3 is 3.10 bits per heavy atom. The fraction of sp³-hybridized carbons (Fsp3) is 0.308. The van der Waals surface area contributed by atoms with E-state index in [9.17, 15) is 4.79 Å². The molecule has 0 bridgehead atoms. The molecule has 0 aliphatic carbocycles. The van der Waals surface area contributed by atoms with Crippen LogP contribution in [0.4, 0.5) is 0 Å². The van der Waals surface area contributed by atoms with Crippen LogP contribution in [0.25, 0.3) is 11.4 Å². The Labute approximate surface area is 121 Å². The predicted octanol–water partition coefficient (Wildman–Crippen LogP) is 2.04. The number of nitrogens with zero attached hydrogens (tertiary/aromatic N) is 2. The van der Waals surface area contributed by atoms with Gasteiger partial charge in [0, 0.05) is 17.2 Å². The van der Waals surface area contributed by atoms with Gasteiger partial charge in [-0.1, -0.05) is 28.9 Å². The molecule has 2 aromatic rings. The van der Waals surface area contributed by atoms with Gasteiger partial charge in [-0.3, -0.25) is 4.79 Å². The molecule has 0 unspecified atom stereocenters. The van der Waals surface area contributed by atoms with Crippen molar-refractivity contribution in [1.29, 1.82) is 0 Å². The highest BCUT2D eigenvalue weighted by Crippen LogP contribution is 2.19. The number of carbonyl (C=O) groups is 1. The molecule has 0 radical (unpaired) electrons. The minimum atomic E-state index is -0.227. The summed E-state index contributed by atoms with van der Waals surface area (Å²) in [6, 6.07) is 7.13. The lowest BCUT2D eigenvalue weighted by atomic mass is 10.2. The molecule has 0 atom stereocenters. The number of ether oxygens (including phenoxy) is 1. The Morgan fingerprint density at radius 2 is 2.35 bits per heavy atom. The van der Waals surface area contributed by atoms with Gasteiger partial charge in [0.25, 0.3) is 0 Å². The average Bonchev–Trinajstić information content (AvgIpc) is 2.92. The van der Waals surface area contributed by atoms with Gasteiger partial charge in [-0.15, -0.1) is 0 Å². The van der Waals surface area contributed by atoms with Crippen molar-refractivity contribution < 1.29 is 14.1 Å². The van der Waals surface area contributed by atoms with Crippen molar-refractivity contribution in [2.45, 2.75) is 13.5 Å². The lowest BCUT2D eigenvalue weighted by Gasteiger charge is -2.01. The summed E-state index contributed by atoms with van der Waals surface area (Å²) >= 11 is 5.90. The van der Waals surface area contributed by atoms with Gasteiger partial charge in [-0.25, -0.2) is 0 Å². The van der Waals surface area contributed by atoms with E-state index in [4.69, 9.17) is 20.9 Å². The van der Waals surface area contributed by atoms with E-state index in [2.05, 4.69) is 15.5 Å². The number of halogens is 1. The molecule has 106 valence electrons. The molecule has 1 aromatic heterocycles. The summed E-state index contributed by atoms with van der Waals surface area (Å²) in [4.78, 5) is 15.5. The van der Waals surface area contributed by atoms with E-state index in [1.54, 1.807) is 18.2 Å². The quantitative estimate of drug-likeness (QED) is 0.882. The third-order valence-corrected chi connectivity index (χ3v) is 2.66. The van der Waals surface area contributed by atoms with Gasteiger partial charge in [-0.2, -0.15) is 4.98 Å². The second kappa shape index (κ2) is 7.02. The minimum absolute atomic E-state index is 0.0196. The summed E-state index contributed by atoms with van der Waals surface area (Å²) in [5, 5.41) is 7.06. The number of benzene rings is 1. The molecule has 0 spiro atoms. The molecule has 0 aliphatic heterocycles. The van der Waals surface area contributed by atoms with Crippen LogP contribution >= 0.6 is 11.6 Å². The normalized spacial score (nSPS) is 10.5. The zero-order chi connectivity index (χ0) is 14.4. The van der Waals surface area contributed by atoms with Crippen molar-refractivity contribution >= 4 is 17.5 Å². The molecule has 2 rings (SSSR count). The van der Waals surface area contributed by atoms with Crippen LogP contribution < -0.4 is 5.32 Å². The van der Waals surface area contributed by atoms with Crippen LogP contribution in [0.15, 0.2) is 28.8 Å². The first-order chi connectivity index (χ1) is 9.69. The molecule has 20 heavy (non-hydrogen) atoms. The fourth-order valence-corrected chi connectivity index (χ4v) is 1.68. The van der Waals surface area contributed by atoms with Crippen LogP contribution in [0.2, 0.25) is 5.02 Å². The topological polar surface area (TPSA) is 77.2 Å². The Hall–Kier alpha value is -1.92. The molecule has 1 amide bonds. The molecule has 1 aromatic carbocycles. The first-order valence-corrected chi connectivity index (χ1v) is 6.50. The van der Waals surface area contributed by atoms with Gasteiger partial charge >= 0.3 is 0 Å². The van der Waals surface area contributed by atoms with E-state index in [0.29, 0.717) is 23.3 Å². The number of carbonyl (C=O) groups excluding carboxylic acids is 1. The van der Waals surface area contributed by atoms with Crippen LogP contribution in [-0.2, 0) is 16.1 Å². The van der Waals surface area contributed by atoms with E-state index in [0.717, 1.165) is 5.56 Å². The molecular formula is C13H14ClN3O3. The van der Waals surface area contributed by atoms with E-state index in [1.165, 1.54) is 0 Å². The maximum absolute atomic E-state index is 11.4. The zero-order valence-electron chi connectivity index (χ0n) is 10.9. The highest BCUT2D eigenvalue weighted by Gasteiger charge is 2.10. The van der Waals surface area contributed by atoms with Crippen LogP contribution in [0.5, 0.6) is 0 Å². The molecule has 1 N–H and O–H groups in total. The highest BCUT2D eigenvalue weighted by atomic mass is 35.5. The van der Waals surface area contributed by atoms with Crippen molar-refractivity contribution in [3.05, 3.63) is 35.2 Å². The van der Waals surface area contributed by atoms with Crippen LogP contribution in [0.1, 0.15) is 12.8 Å². The summed E-state index contributed by atoms with van der Waals surface area (Å²) in [6.07, 6.45) is 0. The first-order valence-electron chi connectivity index (χ1n) is 6.12. The third kappa shape index (κ3) is 4.04. The maximum Gasteiger partial charge on any atom is 0.246 e. The van der Waals surface area contributed by atoms with Crippen molar-refractivity contribution in [2.75, 3.05) is 13.2 Å². The molecule has 7 heteroatoms. The summed E-state index contributed by atoms with van der Waals surface area (Å²) in [6.45, 7) is 2.50.